The minimum Gasteiger partial charge on any atom is -0.417 e. The predicted octanol–water partition coefficient (Wildman–Crippen LogP) is 4.25. The molecule has 0 amide bonds. The SMILES string of the molecule is FC(F)Oc1cccc(-c2cccc(OC(F)(F)F)c2)n1. The monoisotopic (exact) mass is 305 g/mol. The number of pyridine rings is 1. The van der Waals surface area contributed by atoms with Crippen LogP contribution in [0.4, 0.5) is 22.0 Å². The Morgan fingerprint density at radius 2 is 1.71 bits per heavy atom. The van der Waals surface area contributed by atoms with E-state index < -0.39 is 18.7 Å². The zero-order chi connectivity index (χ0) is 15.5. The second-order valence-electron chi connectivity index (χ2n) is 3.82. The smallest absolute Gasteiger partial charge is 0.417 e. The van der Waals surface area contributed by atoms with Gasteiger partial charge < -0.3 is 9.47 Å². The summed E-state index contributed by atoms with van der Waals surface area (Å²) < 4.78 is 68.5. The summed E-state index contributed by atoms with van der Waals surface area (Å²) in [5.74, 6) is -0.758. The summed E-state index contributed by atoms with van der Waals surface area (Å²) in [6.45, 7) is -3.03. The van der Waals surface area contributed by atoms with Crippen LogP contribution in [0.2, 0.25) is 0 Å². The van der Waals surface area contributed by atoms with Gasteiger partial charge in [0.2, 0.25) is 5.88 Å². The number of halogens is 5. The third-order valence-electron chi connectivity index (χ3n) is 2.30. The zero-order valence-corrected chi connectivity index (χ0v) is 10.3. The molecule has 0 fully saturated rings. The van der Waals surface area contributed by atoms with Crippen molar-refractivity contribution in [3.8, 4) is 22.9 Å². The lowest BCUT2D eigenvalue weighted by Gasteiger charge is -2.10. The van der Waals surface area contributed by atoms with Crippen LogP contribution in [0.1, 0.15) is 0 Å². The molecule has 0 unspecified atom stereocenters. The van der Waals surface area contributed by atoms with E-state index in [0.29, 0.717) is 0 Å². The van der Waals surface area contributed by atoms with Gasteiger partial charge in [-0.2, -0.15) is 8.78 Å². The first-order chi connectivity index (χ1) is 9.83. The molecular weight excluding hydrogens is 297 g/mol. The van der Waals surface area contributed by atoms with Crippen molar-refractivity contribution < 1.29 is 31.4 Å². The summed E-state index contributed by atoms with van der Waals surface area (Å²) in [5.41, 5.74) is 0.456. The molecule has 3 nitrogen and oxygen atoms in total. The molecule has 0 atom stereocenters. The highest BCUT2D eigenvalue weighted by Gasteiger charge is 2.31. The molecular formula is C13H8F5NO2. The van der Waals surface area contributed by atoms with Crippen LogP contribution in [0, 0.1) is 0 Å². The number of hydrogen-bond acceptors (Lipinski definition) is 3. The lowest BCUT2D eigenvalue weighted by Crippen LogP contribution is -2.17. The quantitative estimate of drug-likeness (QED) is 0.791. The lowest BCUT2D eigenvalue weighted by atomic mass is 10.1. The molecule has 0 aliphatic heterocycles. The van der Waals surface area contributed by atoms with Crippen molar-refractivity contribution in [3.05, 3.63) is 42.5 Å². The van der Waals surface area contributed by atoms with E-state index in [-0.39, 0.29) is 17.1 Å². The maximum atomic E-state index is 12.1. The number of aromatic nitrogens is 1. The van der Waals surface area contributed by atoms with Gasteiger partial charge in [0.1, 0.15) is 5.75 Å². The molecule has 2 rings (SSSR count). The third-order valence-corrected chi connectivity index (χ3v) is 2.30. The fourth-order valence-corrected chi connectivity index (χ4v) is 1.59. The largest absolute Gasteiger partial charge is 0.573 e. The van der Waals surface area contributed by atoms with Gasteiger partial charge in [0.15, 0.2) is 0 Å². The summed E-state index contributed by atoms with van der Waals surface area (Å²) in [6, 6.07) is 9.09. The third kappa shape index (κ3) is 4.59. The van der Waals surface area contributed by atoms with E-state index in [0.717, 1.165) is 12.1 Å². The Balaban J connectivity index is 2.27. The minimum atomic E-state index is -4.81. The van der Waals surface area contributed by atoms with Crippen molar-refractivity contribution in [1.82, 2.24) is 4.98 Å². The van der Waals surface area contributed by atoms with Crippen LogP contribution >= 0.6 is 0 Å². The molecule has 0 saturated carbocycles. The van der Waals surface area contributed by atoms with Crippen LogP contribution in [0.3, 0.4) is 0 Å². The zero-order valence-electron chi connectivity index (χ0n) is 10.3. The minimum absolute atomic E-state index is 0.181. The molecule has 8 heteroatoms. The van der Waals surface area contributed by atoms with Gasteiger partial charge in [-0.05, 0) is 18.2 Å². The fourth-order valence-electron chi connectivity index (χ4n) is 1.59. The van der Waals surface area contributed by atoms with Crippen molar-refractivity contribution in [1.29, 1.82) is 0 Å². The average molecular weight is 305 g/mol. The van der Waals surface area contributed by atoms with Gasteiger partial charge in [0, 0.05) is 11.6 Å². The van der Waals surface area contributed by atoms with Gasteiger partial charge in [-0.25, -0.2) is 4.98 Å². The molecule has 0 aliphatic rings. The van der Waals surface area contributed by atoms with Crippen molar-refractivity contribution >= 4 is 0 Å². The predicted molar refractivity (Wildman–Crippen MR) is 63.0 cm³/mol. The Kier molecular flexibility index (Phi) is 4.25. The summed E-state index contributed by atoms with van der Waals surface area (Å²) in [4.78, 5) is 3.78. The number of ether oxygens (including phenoxy) is 2. The normalized spacial score (nSPS) is 11.5. The number of alkyl halides is 5. The first-order valence-corrected chi connectivity index (χ1v) is 5.61. The van der Waals surface area contributed by atoms with Gasteiger partial charge in [0.25, 0.3) is 0 Å². The molecule has 0 radical (unpaired) electrons. The van der Waals surface area contributed by atoms with E-state index in [1.165, 1.54) is 30.3 Å². The van der Waals surface area contributed by atoms with E-state index in [4.69, 9.17) is 0 Å². The standard InChI is InChI=1S/C13H8F5NO2/c14-12(15)20-11-6-2-5-10(19-11)8-3-1-4-9(7-8)21-13(16,17)18/h1-7,12H. The first kappa shape index (κ1) is 15.0. The molecule has 21 heavy (non-hydrogen) atoms. The van der Waals surface area contributed by atoms with Gasteiger partial charge in [-0.3, -0.25) is 0 Å². The number of nitrogens with zero attached hydrogens (tertiary/aromatic N) is 1. The number of hydrogen-bond donors (Lipinski definition) is 0. The van der Waals surface area contributed by atoms with Gasteiger partial charge in [0.05, 0.1) is 5.69 Å². The Bertz CT molecular complexity index is 616. The highest BCUT2D eigenvalue weighted by Crippen LogP contribution is 2.28. The van der Waals surface area contributed by atoms with E-state index in [1.54, 1.807) is 0 Å². The van der Waals surface area contributed by atoms with Crippen molar-refractivity contribution in [3.63, 3.8) is 0 Å². The second-order valence-corrected chi connectivity index (χ2v) is 3.82. The fraction of sp³-hybridized carbons (Fsp3) is 0.154. The van der Waals surface area contributed by atoms with Gasteiger partial charge >= 0.3 is 13.0 Å². The molecule has 1 aromatic carbocycles. The topological polar surface area (TPSA) is 31.4 Å². The Morgan fingerprint density at radius 1 is 1.00 bits per heavy atom. The molecule has 0 aliphatic carbocycles. The van der Waals surface area contributed by atoms with Crippen LogP contribution in [0.25, 0.3) is 11.3 Å². The lowest BCUT2D eigenvalue weighted by molar-refractivity contribution is -0.274. The van der Waals surface area contributed by atoms with Crippen molar-refractivity contribution in [2.45, 2.75) is 13.0 Å². The van der Waals surface area contributed by atoms with E-state index in [9.17, 15) is 22.0 Å². The Labute approximate surface area is 115 Å². The molecule has 1 aromatic heterocycles. The van der Waals surface area contributed by atoms with Crippen LogP contribution in [0.15, 0.2) is 42.5 Å². The van der Waals surface area contributed by atoms with Crippen LogP contribution in [-0.4, -0.2) is 18.0 Å². The summed E-state index contributed by atoms with van der Waals surface area (Å²) >= 11 is 0. The highest BCUT2D eigenvalue weighted by atomic mass is 19.4. The molecule has 1 heterocycles. The summed E-state index contributed by atoms with van der Waals surface area (Å²) in [6.07, 6.45) is -4.81. The van der Waals surface area contributed by atoms with Gasteiger partial charge in [-0.1, -0.05) is 18.2 Å². The number of rotatable bonds is 4. The van der Waals surface area contributed by atoms with E-state index in [2.05, 4.69) is 14.5 Å². The maximum Gasteiger partial charge on any atom is 0.573 e. The average Bonchev–Trinajstić information content (AvgIpc) is 2.36. The molecule has 0 bridgehead atoms. The first-order valence-electron chi connectivity index (χ1n) is 5.61. The summed E-state index contributed by atoms with van der Waals surface area (Å²) in [5, 5.41) is 0. The Morgan fingerprint density at radius 3 is 2.38 bits per heavy atom. The molecule has 112 valence electrons. The van der Waals surface area contributed by atoms with Crippen molar-refractivity contribution in [2.75, 3.05) is 0 Å². The summed E-state index contributed by atoms with van der Waals surface area (Å²) in [7, 11) is 0. The van der Waals surface area contributed by atoms with Crippen LogP contribution in [0.5, 0.6) is 11.6 Å². The van der Waals surface area contributed by atoms with Crippen molar-refractivity contribution in [2.24, 2.45) is 0 Å². The highest BCUT2D eigenvalue weighted by molar-refractivity contribution is 5.61. The number of benzene rings is 1. The molecule has 2 aromatic rings. The molecule has 0 N–H and O–H groups in total. The second kappa shape index (κ2) is 5.94. The van der Waals surface area contributed by atoms with E-state index >= 15 is 0 Å². The maximum absolute atomic E-state index is 12.1. The Hall–Kier alpha value is -2.38. The molecule has 0 spiro atoms. The van der Waals surface area contributed by atoms with Gasteiger partial charge in [-0.15, -0.1) is 13.2 Å². The molecule has 0 saturated heterocycles. The van der Waals surface area contributed by atoms with E-state index in [1.807, 2.05) is 0 Å². The van der Waals surface area contributed by atoms with Crippen LogP contribution in [-0.2, 0) is 0 Å². The van der Waals surface area contributed by atoms with Crippen LogP contribution < -0.4 is 9.47 Å².